The third kappa shape index (κ3) is 1.26. The van der Waals surface area contributed by atoms with Crippen molar-refractivity contribution in [2.24, 2.45) is 0 Å². The van der Waals surface area contributed by atoms with E-state index >= 15 is 0 Å². The van der Waals surface area contributed by atoms with E-state index in [9.17, 15) is 5.11 Å². The van der Waals surface area contributed by atoms with Crippen LogP contribution < -0.4 is 5.73 Å². The molecule has 0 aliphatic heterocycles. The van der Waals surface area contributed by atoms with Crippen LogP contribution in [0, 0.1) is 0 Å². The molecule has 74 valence electrons. The molecule has 0 bridgehead atoms. The van der Waals surface area contributed by atoms with Gasteiger partial charge in [-0.15, -0.1) is 0 Å². The van der Waals surface area contributed by atoms with Crippen LogP contribution in [0.25, 0.3) is 10.9 Å². The second-order valence-corrected chi connectivity index (χ2v) is 3.38. The van der Waals surface area contributed by atoms with Gasteiger partial charge in [0.05, 0.1) is 6.61 Å². The number of aryl methyl sites for hydroxylation is 1. The van der Waals surface area contributed by atoms with Crippen molar-refractivity contribution in [2.75, 3.05) is 5.73 Å². The Hall–Kier alpha value is -1.48. The van der Waals surface area contributed by atoms with Crippen LogP contribution in [0.4, 0.5) is 5.69 Å². The standard InChI is InChI=1S/C11H14N2O/c1-2-13-6-8(7-14)10-5-9(12)3-4-11(10)13/h3-6,14H,2,7,12H2,1H3. The predicted molar refractivity (Wildman–Crippen MR) is 57.9 cm³/mol. The SMILES string of the molecule is CCn1cc(CO)c2cc(N)ccc21. The molecule has 1 aromatic carbocycles. The Morgan fingerprint density at radius 3 is 2.86 bits per heavy atom. The number of nitrogens with two attached hydrogens (primary N) is 1. The molecule has 0 saturated heterocycles. The first kappa shape index (κ1) is 9.09. The van der Waals surface area contributed by atoms with Crippen molar-refractivity contribution in [3.05, 3.63) is 30.0 Å². The van der Waals surface area contributed by atoms with E-state index in [1.54, 1.807) is 0 Å². The lowest BCUT2D eigenvalue weighted by Gasteiger charge is -2.00. The lowest BCUT2D eigenvalue weighted by Crippen LogP contribution is -1.90. The van der Waals surface area contributed by atoms with Gasteiger partial charge in [-0.1, -0.05) is 0 Å². The number of aliphatic hydroxyl groups is 1. The summed E-state index contributed by atoms with van der Waals surface area (Å²) in [6.07, 6.45) is 1.98. The molecule has 0 saturated carbocycles. The van der Waals surface area contributed by atoms with Crippen molar-refractivity contribution in [3.8, 4) is 0 Å². The molecular weight excluding hydrogens is 176 g/mol. The quantitative estimate of drug-likeness (QED) is 0.709. The highest BCUT2D eigenvalue weighted by molar-refractivity contribution is 5.86. The van der Waals surface area contributed by atoms with Crippen LogP contribution in [-0.4, -0.2) is 9.67 Å². The summed E-state index contributed by atoms with van der Waals surface area (Å²) in [7, 11) is 0. The maximum atomic E-state index is 9.18. The van der Waals surface area contributed by atoms with E-state index in [2.05, 4.69) is 11.5 Å². The van der Waals surface area contributed by atoms with E-state index in [1.165, 1.54) is 0 Å². The van der Waals surface area contributed by atoms with Gasteiger partial charge < -0.3 is 15.4 Å². The van der Waals surface area contributed by atoms with Gasteiger partial charge in [0.25, 0.3) is 0 Å². The average molecular weight is 190 g/mol. The molecular formula is C11H14N2O. The van der Waals surface area contributed by atoms with Gasteiger partial charge in [-0.3, -0.25) is 0 Å². The molecule has 0 aliphatic rings. The Morgan fingerprint density at radius 2 is 2.21 bits per heavy atom. The smallest absolute Gasteiger partial charge is 0.0702 e. The summed E-state index contributed by atoms with van der Waals surface area (Å²) >= 11 is 0. The van der Waals surface area contributed by atoms with Crippen molar-refractivity contribution in [1.82, 2.24) is 4.57 Å². The highest BCUT2D eigenvalue weighted by Crippen LogP contribution is 2.23. The van der Waals surface area contributed by atoms with Gasteiger partial charge in [-0.2, -0.15) is 0 Å². The molecule has 0 radical (unpaired) electrons. The van der Waals surface area contributed by atoms with E-state index in [4.69, 9.17) is 5.73 Å². The fourth-order valence-electron chi connectivity index (χ4n) is 1.78. The highest BCUT2D eigenvalue weighted by Gasteiger charge is 2.06. The number of benzene rings is 1. The molecule has 0 atom stereocenters. The molecule has 14 heavy (non-hydrogen) atoms. The second kappa shape index (κ2) is 3.35. The second-order valence-electron chi connectivity index (χ2n) is 3.38. The molecule has 1 heterocycles. The molecule has 0 unspecified atom stereocenters. The summed E-state index contributed by atoms with van der Waals surface area (Å²) < 4.78 is 2.11. The summed E-state index contributed by atoms with van der Waals surface area (Å²) in [6, 6.07) is 5.79. The summed E-state index contributed by atoms with van der Waals surface area (Å²) in [5.41, 5.74) is 8.51. The predicted octanol–water partition coefficient (Wildman–Crippen LogP) is 1.74. The van der Waals surface area contributed by atoms with Gasteiger partial charge in [0.1, 0.15) is 0 Å². The molecule has 0 fully saturated rings. The van der Waals surface area contributed by atoms with Gasteiger partial charge in [-0.05, 0) is 25.1 Å². The monoisotopic (exact) mass is 190 g/mol. The maximum absolute atomic E-state index is 9.18. The topological polar surface area (TPSA) is 51.2 Å². The number of rotatable bonds is 2. The number of aliphatic hydroxyl groups excluding tert-OH is 1. The first-order valence-corrected chi connectivity index (χ1v) is 4.74. The minimum absolute atomic E-state index is 0.0625. The number of fused-ring (bicyclic) bond motifs is 1. The first-order chi connectivity index (χ1) is 6.76. The summed E-state index contributed by atoms with van der Waals surface area (Å²) in [6.45, 7) is 3.05. The van der Waals surface area contributed by atoms with Crippen molar-refractivity contribution in [3.63, 3.8) is 0 Å². The van der Waals surface area contributed by atoms with E-state index in [0.717, 1.165) is 28.7 Å². The highest BCUT2D eigenvalue weighted by atomic mass is 16.3. The zero-order valence-corrected chi connectivity index (χ0v) is 8.20. The lowest BCUT2D eigenvalue weighted by molar-refractivity contribution is 0.283. The fraction of sp³-hybridized carbons (Fsp3) is 0.273. The van der Waals surface area contributed by atoms with Crippen molar-refractivity contribution < 1.29 is 5.11 Å². The third-order valence-electron chi connectivity index (χ3n) is 2.50. The lowest BCUT2D eigenvalue weighted by atomic mass is 10.1. The summed E-state index contributed by atoms with van der Waals surface area (Å²) in [5.74, 6) is 0. The Bertz CT molecular complexity index is 460. The molecule has 3 N–H and O–H groups in total. The van der Waals surface area contributed by atoms with Gasteiger partial charge >= 0.3 is 0 Å². The van der Waals surface area contributed by atoms with E-state index < -0.39 is 0 Å². The van der Waals surface area contributed by atoms with Crippen LogP contribution in [0.2, 0.25) is 0 Å². The normalized spacial score (nSPS) is 11.0. The van der Waals surface area contributed by atoms with E-state index in [1.807, 2.05) is 24.4 Å². The zero-order chi connectivity index (χ0) is 10.1. The Balaban J connectivity index is 2.75. The van der Waals surface area contributed by atoms with Crippen LogP contribution in [0.15, 0.2) is 24.4 Å². The maximum Gasteiger partial charge on any atom is 0.0702 e. The minimum Gasteiger partial charge on any atom is -0.399 e. The largest absolute Gasteiger partial charge is 0.399 e. The first-order valence-electron chi connectivity index (χ1n) is 4.74. The van der Waals surface area contributed by atoms with Gasteiger partial charge in [0.15, 0.2) is 0 Å². The zero-order valence-electron chi connectivity index (χ0n) is 8.20. The molecule has 2 rings (SSSR count). The number of hydrogen-bond donors (Lipinski definition) is 2. The molecule has 3 heteroatoms. The summed E-state index contributed by atoms with van der Waals surface area (Å²) in [4.78, 5) is 0. The Labute approximate surface area is 82.8 Å². The number of nitrogen functional groups attached to an aromatic ring is 1. The molecule has 1 aromatic heterocycles. The van der Waals surface area contributed by atoms with Crippen LogP contribution >= 0.6 is 0 Å². The molecule has 3 nitrogen and oxygen atoms in total. The average Bonchev–Trinajstić information content (AvgIpc) is 2.55. The molecule has 0 spiro atoms. The van der Waals surface area contributed by atoms with Crippen LogP contribution in [-0.2, 0) is 13.2 Å². The van der Waals surface area contributed by atoms with Crippen LogP contribution in [0.5, 0.6) is 0 Å². The van der Waals surface area contributed by atoms with E-state index in [0.29, 0.717) is 0 Å². The Kier molecular flexibility index (Phi) is 2.17. The van der Waals surface area contributed by atoms with Crippen molar-refractivity contribution in [2.45, 2.75) is 20.1 Å². The third-order valence-corrected chi connectivity index (χ3v) is 2.50. The molecule has 0 amide bonds. The Morgan fingerprint density at radius 1 is 1.43 bits per heavy atom. The van der Waals surface area contributed by atoms with Gasteiger partial charge in [0, 0.05) is 34.9 Å². The number of anilines is 1. The molecule has 2 aromatic rings. The van der Waals surface area contributed by atoms with Gasteiger partial charge in [-0.25, -0.2) is 0 Å². The van der Waals surface area contributed by atoms with E-state index in [-0.39, 0.29) is 6.61 Å². The van der Waals surface area contributed by atoms with Crippen LogP contribution in [0.3, 0.4) is 0 Å². The number of nitrogens with zero attached hydrogens (tertiary/aromatic N) is 1. The number of aromatic nitrogens is 1. The number of hydrogen-bond acceptors (Lipinski definition) is 2. The fourth-order valence-corrected chi connectivity index (χ4v) is 1.78. The summed E-state index contributed by atoms with van der Waals surface area (Å²) in [5, 5.41) is 10.2. The van der Waals surface area contributed by atoms with Crippen molar-refractivity contribution in [1.29, 1.82) is 0 Å². The van der Waals surface area contributed by atoms with Gasteiger partial charge in [0.2, 0.25) is 0 Å². The molecule has 0 aliphatic carbocycles. The minimum atomic E-state index is 0.0625. The van der Waals surface area contributed by atoms with Crippen molar-refractivity contribution >= 4 is 16.6 Å². The van der Waals surface area contributed by atoms with Crippen LogP contribution in [0.1, 0.15) is 12.5 Å².